The van der Waals surface area contributed by atoms with Crippen molar-refractivity contribution in [3.63, 3.8) is 0 Å². The molecule has 1 heterocycles. The molecule has 0 amide bonds. The highest BCUT2D eigenvalue weighted by Crippen LogP contribution is 2.35. The summed E-state index contributed by atoms with van der Waals surface area (Å²) in [5.41, 5.74) is 1.29. The molecule has 20 heavy (non-hydrogen) atoms. The van der Waals surface area contributed by atoms with Crippen LogP contribution in [0.5, 0.6) is 0 Å². The number of fused-ring (bicyclic) bond motifs is 1. The van der Waals surface area contributed by atoms with Gasteiger partial charge in [0.15, 0.2) is 5.11 Å². The van der Waals surface area contributed by atoms with Gasteiger partial charge in [0.25, 0.3) is 0 Å². The Kier molecular flexibility index (Phi) is 4.56. The van der Waals surface area contributed by atoms with E-state index < -0.39 is 0 Å². The summed E-state index contributed by atoms with van der Waals surface area (Å²) in [5.74, 6) is 1.85. The number of piperidine rings is 1. The lowest BCUT2D eigenvalue weighted by Crippen LogP contribution is -2.48. The van der Waals surface area contributed by atoms with Gasteiger partial charge in [-0.3, -0.25) is 0 Å². The maximum absolute atomic E-state index is 5.58. The summed E-state index contributed by atoms with van der Waals surface area (Å²) < 4.78 is 0. The smallest absolute Gasteiger partial charge is 0.169 e. The first-order valence-electron chi connectivity index (χ1n) is 7.89. The van der Waals surface area contributed by atoms with E-state index in [1.165, 1.54) is 44.2 Å². The molecular formula is C17H24N2S. The third-order valence-electron chi connectivity index (χ3n) is 4.86. The Morgan fingerprint density at radius 3 is 2.65 bits per heavy atom. The zero-order valence-corrected chi connectivity index (χ0v) is 12.9. The van der Waals surface area contributed by atoms with Gasteiger partial charge in [-0.05, 0) is 42.5 Å². The molecule has 1 aliphatic heterocycles. The molecular weight excluding hydrogens is 264 g/mol. The van der Waals surface area contributed by atoms with Crippen LogP contribution in [0.15, 0.2) is 30.3 Å². The number of rotatable bonds is 2. The van der Waals surface area contributed by atoms with Crippen molar-refractivity contribution in [3.8, 4) is 0 Å². The van der Waals surface area contributed by atoms with E-state index in [0.717, 1.165) is 30.0 Å². The van der Waals surface area contributed by atoms with Gasteiger partial charge >= 0.3 is 0 Å². The molecule has 0 spiro atoms. The highest BCUT2D eigenvalue weighted by Gasteiger charge is 2.31. The van der Waals surface area contributed by atoms with E-state index in [1.54, 1.807) is 0 Å². The predicted octanol–water partition coefficient (Wildman–Crippen LogP) is 3.57. The van der Waals surface area contributed by atoms with E-state index in [1.807, 2.05) is 0 Å². The Balaban J connectivity index is 1.50. The third kappa shape index (κ3) is 3.32. The van der Waals surface area contributed by atoms with Crippen molar-refractivity contribution >= 4 is 17.3 Å². The summed E-state index contributed by atoms with van der Waals surface area (Å²) >= 11 is 5.58. The van der Waals surface area contributed by atoms with Gasteiger partial charge in [-0.1, -0.05) is 49.6 Å². The van der Waals surface area contributed by atoms with Crippen LogP contribution >= 0.6 is 12.2 Å². The van der Waals surface area contributed by atoms with Crippen molar-refractivity contribution in [1.82, 2.24) is 10.2 Å². The maximum atomic E-state index is 5.58. The summed E-state index contributed by atoms with van der Waals surface area (Å²) in [6.45, 7) is 3.15. The predicted molar refractivity (Wildman–Crippen MR) is 87.5 cm³/mol. The first kappa shape index (κ1) is 13.9. The van der Waals surface area contributed by atoms with Crippen LogP contribution in [0.4, 0.5) is 0 Å². The van der Waals surface area contributed by atoms with Crippen molar-refractivity contribution in [1.29, 1.82) is 0 Å². The molecule has 2 fully saturated rings. The van der Waals surface area contributed by atoms with Gasteiger partial charge in [0.2, 0.25) is 0 Å². The number of hydrogen-bond donors (Lipinski definition) is 1. The molecule has 3 rings (SSSR count). The number of hydrogen-bond acceptors (Lipinski definition) is 1. The summed E-state index contributed by atoms with van der Waals surface area (Å²) in [6, 6.07) is 10.5. The van der Waals surface area contributed by atoms with Crippen LogP contribution in [0.1, 0.15) is 37.7 Å². The molecule has 1 aromatic rings. The number of nitrogens with one attached hydrogen (secondary N) is 1. The summed E-state index contributed by atoms with van der Waals surface area (Å²) in [6.07, 6.45) is 7.04. The van der Waals surface area contributed by atoms with Crippen LogP contribution < -0.4 is 5.32 Å². The topological polar surface area (TPSA) is 15.3 Å². The maximum Gasteiger partial charge on any atom is 0.169 e. The second-order valence-corrected chi connectivity index (χ2v) is 6.57. The summed E-state index contributed by atoms with van der Waals surface area (Å²) in [5, 5.41) is 4.36. The van der Waals surface area contributed by atoms with Crippen molar-refractivity contribution in [2.24, 2.45) is 11.8 Å². The quantitative estimate of drug-likeness (QED) is 0.838. The highest BCUT2D eigenvalue weighted by molar-refractivity contribution is 7.80. The molecule has 0 unspecified atom stereocenters. The fraction of sp³-hybridized carbons (Fsp3) is 0.588. The lowest BCUT2D eigenvalue weighted by atomic mass is 9.75. The fourth-order valence-corrected chi connectivity index (χ4v) is 3.91. The normalized spacial score (nSPS) is 25.9. The molecule has 2 aliphatic rings. The minimum Gasteiger partial charge on any atom is -0.358 e. The van der Waals surface area contributed by atoms with Gasteiger partial charge in [0.05, 0.1) is 0 Å². The molecule has 1 aliphatic carbocycles. The van der Waals surface area contributed by atoms with E-state index in [9.17, 15) is 0 Å². The van der Waals surface area contributed by atoms with Crippen molar-refractivity contribution in [3.05, 3.63) is 35.9 Å². The van der Waals surface area contributed by atoms with Crippen molar-refractivity contribution in [2.75, 3.05) is 13.1 Å². The van der Waals surface area contributed by atoms with Crippen LogP contribution in [0.25, 0.3) is 0 Å². The standard InChI is InChI=1S/C17H24N2S/c20-17(18-12-14-6-2-1-3-7-14)19-11-10-15-8-4-5-9-16(15)13-19/h1-3,6-7,15-16H,4-5,8-13H2,(H,18,20)/t15-,16-/m1/s1. The van der Waals surface area contributed by atoms with Gasteiger partial charge in [0, 0.05) is 19.6 Å². The Hall–Kier alpha value is -1.09. The van der Waals surface area contributed by atoms with Gasteiger partial charge in [-0.2, -0.15) is 0 Å². The first-order valence-corrected chi connectivity index (χ1v) is 8.30. The Labute approximate surface area is 127 Å². The van der Waals surface area contributed by atoms with E-state index in [0.29, 0.717) is 0 Å². The van der Waals surface area contributed by atoms with E-state index in [2.05, 4.69) is 40.5 Å². The average molecular weight is 288 g/mol. The molecule has 0 bridgehead atoms. The van der Waals surface area contributed by atoms with Gasteiger partial charge in [-0.25, -0.2) is 0 Å². The fourth-order valence-electron chi connectivity index (χ4n) is 3.67. The first-order chi connectivity index (χ1) is 9.83. The van der Waals surface area contributed by atoms with E-state index >= 15 is 0 Å². The molecule has 1 aromatic carbocycles. The molecule has 2 atom stereocenters. The minimum atomic E-state index is 0.838. The molecule has 3 heteroatoms. The van der Waals surface area contributed by atoms with Crippen LogP contribution in [0, 0.1) is 11.8 Å². The van der Waals surface area contributed by atoms with E-state index in [4.69, 9.17) is 12.2 Å². The number of thiocarbonyl (C=S) groups is 1. The zero-order chi connectivity index (χ0) is 13.8. The third-order valence-corrected chi connectivity index (χ3v) is 5.27. The van der Waals surface area contributed by atoms with Gasteiger partial charge in [-0.15, -0.1) is 0 Å². The van der Waals surface area contributed by atoms with Crippen LogP contribution in [0.2, 0.25) is 0 Å². The molecule has 1 saturated heterocycles. The Morgan fingerprint density at radius 2 is 1.85 bits per heavy atom. The second kappa shape index (κ2) is 6.57. The number of likely N-dealkylation sites (tertiary alicyclic amines) is 1. The van der Waals surface area contributed by atoms with Crippen molar-refractivity contribution < 1.29 is 0 Å². The number of benzene rings is 1. The van der Waals surface area contributed by atoms with E-state index in [-0.39, 0.29) is 0 Å². The molecule has 108 valence electrons. The summed E-state index contributed by atoms with van der Waals surface area (Å²) in [7, 11) is 0. The van der Waals surface area contributed by atoms with Crippen LogP contribution in [-0.2, 0) is 6.54 Å². The zero-order valence-electron chi connectivity index (χ0n) is 12.1. The van der Waals surface area contributed by atoms with Crippen LogP contribution in [0.3, 0.4) is 0 Å². The largest absolute Gasteiger partial charge is 0.358 e. The summed E-state index contributed by atoms with van der Waals surface area (Å²) in [4.78, 5) is 2.39. The molecule has 1 N–H and O–H groups in total. The minimum absolute atomic E-state index is 0.838. The van der Waals surface area contributed by atoms with Gasteiger partial charge < -0.3 is 10.2 Å². The molecule has 0 radical (unpaired) electrons. The molecule has 2 nitrogen and oxygen atoms in total. The lowest BCUT2D eigenvalue weighted by Gasteiger charge is -2.42. The SMILES string of the molecule is S=C(NCc1ccccc1)N1CC[C@H]2CCCC[C@@H]2C1. The Bertz CT molecular complexity index is 446. The second-order valence-electron chi connectivity index (χ2n) is 6.18. The van der Waals surface area contributed by atoms with Crippen LogP contribution in [-0.4, -0.2) is 23.1 Å². The Morgan fingerprint density at radius 1 is 1.10 bits per heavy atom. The molecule has 0 aromatic heterocycles. The van der Waals surface area contributed by atoms with Gasteiger partial charge in [0.1, 0.15) is 0 Å². The van der Waals surface area contributed by atoms with Crippen molar-refractivity contribution in [2.45, 2.75) is 38.6 Å². The monoisotopic (exact) mass is 288 g/mol. The lowest BCUT2D eigenvalue weighted by molar-refractivity contribution is 0.129. The highest BCUT2D eigenvalue weighted by atomic mass is 32.1. The number of nitrogens with zero attached hydrogens (tertiary/aromatic N) is 1. The molecule has 1 saturated carbocycles. The average Bonchev–Trinajstić information content (AvgIpc) is 2.53.